The predicted octanol–water partition coefficient (Wildman–Crippen LogP) is 2.12. The normalized spacial score (nSPS) is 31.3. The second-order valence-corrected chi connectivity index (χ2v) is 15.7. The van der Waals surface area contributed by atoms with Crippen molar-refractivity contribution in [3.05, 3.63) is 36.7 Å². The molecular weight excluding hydrogens is 656 g/mol. The Balaban J connectivity index is 1.33. The van der Waals surface area contributed by atoms with Crippen LogP contribution in [0, 0.1) is 17.8 Å². The summed E-state index contributed by atoms with van der Waals surface area (Å²) in [4.78, 5) is 63.9. The summed E-state index contributed by atoms with van der Waals surface area (Å²) in [6, 6.07) is 2.88. The first-order valence-electron chi connectivity index (χ1n) is 16.6. The molecule has 264 valence electrons. The molecule has 16 heteroatoms. The number of carbonyl (C=O) groups excluding carboxylic acids is 3. The molecule has 0 bridgehead atoms. The first kappa shape index (κ1) is 34.4. The van der Waals surface area contributed by atoms with E-state index in [1.165, 1.54) is 18.3 Å². The Morgan fingerprint density at radius 1 is 1.12 bits per heavy atom. The fourth-order valence-corrected chi connectivity index (χ4v) is 8.39. The van der Waals surface area contributed by atoms with Crippen molar-refractivity contribution in [3.63, 3.8) is 0 Å². The first-order valence-corrected chi connectivity index (χ1v) is 18.2. The molecule has 0 unspecified atom stereocenters. The van der Waals surface area contributed by atoms with Gasteiger partial charge < -0.3 is 30.1 Å². The zero-order valence-electron chi connectivity index (χ0n) is 27.6. The van der Waals surface area contributed by atoms with Gasteiger partial charge in [-0.15, -0.1) is 0 Å². The average Bonchev–Trinajstić information content (AvgIpc) is 3.98. The van der Waals surface area contributed by atoms with E-state index < -0.39 is 74.7 Å². The van der Waals surface area contributed by atoms with Crippen molar-refractivity contribution in [2.75, 3.05) is 13.7 Å². The van der Waals surface area contributed by atoms with E-state index in [9.17, 15) is 32.7 Å². The van der Waals surface area contributed by atoms with E-state index in [1.54, 1.807) is 25.1 Å². The van der Waals surface area contributed by atoms with Gasteiger partial charge >= 0.3 is 6.09 Å². The second kappa shape index (κ2) is 13.4. The van der Waals surface area contributed by atoms with Gasteiger partial charge in [0, 0.05) is 18.4 Å². The molecule has 2 aliphatic heterocycles. The van der Waals surface area contributed by atoms with Crippen molar-refractivity contribution in [1.29, 1.82) is 0 Å². The van der Waals surface area contributed by atoms with Gasteiger partial charge in [-0.2, -0.15) is 0 Å². The molecule has 49 heavy (non-hydrogen) atoms. The Morgan fingerprint density at radius 3 is 2.61 bits per heavy atom. The summed E-state index contributed by atoms with van der Waals surface area (Å²) in [5, 5.41) is 14.9. The molecule has 4 amide bonds. The topological polar surface area (TPSA) is 206 Å². The van der Waals surface area contributed by atoms with Gasteiger partial charge in [-0.1, -0.05) is 26.0 Å². The summed E-state index contributed by atoms with van der Waals surface area (Å²) in [6.07, 6.45) is 6.03. The van der Waals surface area contributed by atoms with E-state index in [4.69, 9.17) is 9.47 Å². The van der Waals surface area contributed by atoms with Crippen molar-refractivity contribution >= 4 is 44.7 Å². The van der Waals surface area contributed by atoms with Crippen LogP contribution in [0.25, 0.3) is 10.9 Å². The lowest BCUT2D eigenvalue weighted by Crippen LogP contribution is -2.59. The number of amides is 4. The zero-order valence-corrected chi connectivity index (χ0v) is 28.4. The molecular formula is C33H42N6O9S. The zero-order chi connectivity index (χ0) is 35.1. The van der Waals surface area contributed by atoms with Crippen LogP contribution in [0.5, 0.6) is 11.6 Å². The van der Waals surface area contributed by atoms with Crippen molar-refractivity contribution in [3.8, 4) is 11.6 Å². The number of benzene rings is 1. The highest BCUT2D eigenvalue weighted by Crippen LogP contribution is 2.46. The molecule has 15 nitrogen and oxygen atoms in total. The van der Waals surface area contributed by atoms with E-state index in [-0.39, 0.29) is 31.2 Å². The third kappa shape index (κ3) is 7.28. The Bertz CT molecular complexity index is 1780. The van der Waals surface area contributed by atoms with E-state index in [1.807, 2.05) is 19.1 Å². The molecule has 4 N–H and O–H groups in total. The molecule has 3 heterocycles. The number of aromatic nitrogens is 2. The van der Waals surface area contributed by atoms with Crippen LogP contribution in [0.3, 0.4) is 0 Å². The lowest BCUT2D eigenvalue weighted by Gasteiger charge is -2.32. The third-order valence-electron chi connectivity index (χ3n) is 9.98. The highest BCUT2D eigenvalue weighted by atomic mass is 32.2. The quantitative estimate of drug-likeness (QED) is 0.308. The van der Waals surface area contributed by atoms with Crippen LogP contribution in [-0.4, -0.2) is 94.8 Å². The number of fused-ring (bicyclic) bond motifs is 3. The number of ether oxygens (including phenoxy) is 2. The fraction of sp³-hybridized carbons (Fsp3) is 0.576. The Hall–Kier alpha value is -4.47. The maximum absolute atomic E-state index is 14.3. The predicted molar refractivity (Wildman–Crippen MR) is 176 cm³/mol. The van der Waals surface area contributed by atoms with Gasteiger partial charge in [0.05, 0.1) is 29.8 Å². The number of methoxy groups -OCH3 is 1. The molecule has 1 aromatic heterocycles. The molecule has 1 aromatic carbocycles. The maximum atomic E-state index is 14.3. The highest BCUT2D eigenvalue weighted by Gasteiger charge is 2.62. The second-order valence-electron chi connectivity index (χ2n) is 13.7. The minimum atomic E-state index is -3.90. The van der Waals surface area contributed by atoms with Crippen LogP contribution in [0.2, 0.25) is 0 Å². The summed E-state index contributed by atoms with van der Waals surface area (Å²) < 4.78 is 39.3. The van der Waals surface area contributed by atoms with E-state index in [0.717, 1.165) is 6.42 Å². The van der Waals surface area contributed by atoms with Crippen LogP contribution < -0.4 is 24.8 Å². The molecule has 6 rings (SSSR count). The number of nitrogens with zero attached hydrogens (tertiary/aromatic N) is 3. The molecule has 1 saturated heterocycles. The lowest BCUT2D eigenvalue weighted by molar-refractivity contribution is -0.142. The summed E-state index contributed by atoms with van der Waals surface area (Å²) in [7, 11) is -2.36. The molecule has 0 spiro atoms. The van der Waals surface area contributed by atoms with Gasteiger partial charge in [-0.05, 0) is 62.5 Å². The van der Waals surface area contributed by atoms with Gasteiger partial charge in [0.15, 0.2) is 0 Å². The Morgan fingerprint density at radius 2 is 1.90 bits per heavy atom. The number of hydrogen-bond acceptors (Lipinski definition) is 10. The largest absolute Gasteiger partial charge is 0.497 e. The summed E-state index contributed by atoms with van der Waals surface area (Å²) >= 11 is 0. The third-order valence-corrected chi connectivity index (χ3v) is 11.8. The average molecular weight is 699 g/mol. The summed E-state index contributed by atoms with van der Waals surface area (Å²) in [5.41, 5.74) is -0.968. The van der Waals surface area contributed by atoms with Crippen LogP contribution in [0.4, 0.5) is 4.79 Å². The summed E-state index contributed by atoms with van der Waals surface area (Å²) in [6.45, 7) is 3.76. The number of hydrogen-bond donors (Lipinski definition) is 4. The number of carboxylic acid groups (broad SMARTS) is 1. The van der Waals surface area contributed by atoms with E-state index in [0.29, 0.717) is 42.3 Å². The van der Waals surface area contributed by atoms with Gasteiger partial charge in [-0.3, -0.25) is 19.1 Å². The van der Waals surface area contributed by atoms with E-state index in [2.05, 4.69) is 25.3 Å². The van der Waals surface area contributed by atoms with Crippen molar-refractivity contribution in [1.82, 2.24) is 30.2 Å². The number of carbonyl (C=O) groups is 4. The molecule has 2 aromatic rings. The molecule has 0 radical (unpaired) electrons. The van der Waals surface area contributed by atoms with Crippen molar-refractivity contribution in [2.45, 2.75) is 87.8 Å². The highest BCUT2D eigenvalue weighted by molar-refractivity contribution is 7.91. The SMILES string of the molecule is COc1ccc2c(O[C@@H]3C[C@H]4C(=O)N[C@]5(C(=O)NS(=O)(=O)C6CC6)C[C@H]5/C=C\CC[C@H](C)C[C@@H](C)[C@H](NC(=O)O)C(=O)N4C3)ncnc2c1. The van der Waals surface area contributed by atoms with Gasteiger partial charge in [-0.25, -0.2) is 23.2 Å². The molecule has 4 aliphatic rings. The fourth-order valence-electron chi connectivity index (χ4n) is 7.02. The maximum Gasteiger partial charge on any atom is 0.405 e. The lowest BCUT2D eigenvalue weighted by atomic mass is 9.88. The minimum absolute atomic E-state index is 0.00236. The summed E-state index contributed by atoms with van der Waals surface area (Å²) in [5.74, 6) is -2.00. The molecule has 2 aliphatic carbocycles. The van der Waals surface area contributed by atoms with Crippen molar-refractivity contribution in [2.24, 2.45) is 17.8 Å². The minimum Gasteiger partial charge on any atom is -0.497 e. The molecule has 2 saturated carbocycles. The van der Waals surface area contributed by atoms with Crippen LogP contribution >= 0.6 is 0 Å². The number of rotatable bonds is 7. The van der Waals surface area contributed by atoms with Crippen LogP contribution in [0.15, 0.2) is 36.7 Å². The number of nitrogens with one attached hydrogen (secondary N) is 3. The molecule has 3 fully saturated rings. The van der Waals surface area contributed by atoms with Crippen LogP contribution in [0.1, 0.15) is 58.8 Å². The number of allylic oxidation sites excluding steroid dienone is 1. The van der Waals surface area contributed by atoms with Crippen molar-refractivity contribution < 1.29 is 42.2 Å². The molecule has 7 atom stereocenters. The van der Waals surface area contributed by atoms with E-state index >= 15 is 0 Å². The van der Waals surface area contributed by atoms with Gasteiger partial charge in [0.25, 0.3) is 5.91 Å². The first-order chi connectivity index (χ1) is 23.3. The standard InChI is InChI=1S/C33H42N6O9S/c1-18-6-4-5-7-20-15-33(20,31(42)38-49(45,46)23-9-10-23)37-28(40)26-14-22(16-39(26)30(41)27(19(2)12-18)36-32(43)44)48-29-24-11-8-21(47-3)13-25(24)34-17-35-29/h5,7-8,11,13,17-20,22-23,26-27,36H,4,6,9-10,12,14-16H2,1-3H3,(H,37,40)(H,38,42)(H,43,44)/b7-5-/t18-,19+,20+,22+,26-,27-,33+/m0/s1. The Kier molecular flexibility index (Phi) is 9.44. The van der Waals surface area contributed by atoms with Gasteiger partial charge in [0.1, 0.15) is 35.8 Å². The van der Waals surface area contributed by atoms with Crippen LogP contribution in [-0.2, 0) is 24.4 Å². The monoisotopic (exact) mass is 698 g/mol. The smallest absolute Gasteiger partial charge is 0.405 e. The Labute approximate surface area is 284 Å². The van der Waals surface area contributed by atoms with Gasteiger partial charge in [0.2, 0.25) is 27.7 Å². The number of sulfonamides is 1.